The number of benzene rings is 1. The monoisotopic (exact) mass is 340 g/mol. The lowest BCUT2D eigenvalue weighted by atomic mass is 9.97. The normalized spacial score (nSPS) is 17.7. The number of rotatable bonds is 5. The Morgan fingerprint density at radius 1 is 1.36 bits per heavy atom. The summed E-state index contributed by atoms with van der Waals surface area (Å²) >= 11 is 0. The smallest absolute Gasteiger partial charge is 0.290 e. The lowest BCUT2D eigenvalue weighted by Crippen LogP contribution is -2.51. The minimum absolute atomic E-state index is 0. The third-order valence-electron chi connectivity index (χ3n) is 3.64. The highest BCUT2D eigenvalue weighted by Crippen LogP contribution is 2.39. The second-order valence-electron chi connectivity index (χ2n) is 4.97. The zero-order valence-electron chi connectivity index (χ0n) is 12.2. The van der Waals surface area contributed by atoms with Crippen LogP contribution in [0.25, 0.3) is 0 Å². The molecule has 1 aromatic carbocycles. The van der Waals surface area contributed by atoms with E-state index >= 15 is 0 Å². The van der Waals surface area contributed by atoms with Crippen molar-refractivity contribution in [3.05, 3.63) is 29.6 Å². The quantitative estimate of drug-likeness (QED) is 0.858. The minimum atomic E-state index is -3.44. The van der Waals surface area contributed by atoms with Gasteiger partial charge in [0.05, 0.1) is 7.11 Å². The fourth-order valence-corrected chi connectivity index (χ4v) is 2.61. The number of nitrogens with zero attached hydrogens (tertiary/aromatic N) is 1. The maximum absolute atomic E-state index is 14.4. The van der Waals surface area contributed by atoms with Gasteiger partial charge in [-0.15, -0.1) is 12.4 Å². The van der Waals surface area contributed by atoms with Crippen molar-refractivity contribution in [2.45, 2.75) is 12.0 Å². The number of alkyl halides is 2. The molecule has 0 saturated carbocycles. The number of aliphatic hydroxyl groups excluding tert-OH is 1. The van der Waals surface area contributed by atoms with Crippen LogP contribution in [0.4, 0.5) is 13.2 Å². The average molecular weight is 341 g/mol. The number of halogens is 4. The van der Waals surface area contributed by atoms with Crippen LogP contribution in [0.3, 0.4) is 0 Å². The third kappa shape index (κ3) is 3.84. The molecule has 1 heterocycles. The number of nitrogens with one attached hydrogen (secondary N) is 1. The molecule has 1 saturated heterocycles. The maximum atomic E-state index is 14.4. The molecular weight excluding hydrogens is 321 g/mol. The van der Waals surface area contributed by atoms with Crippen molar-refractivity contribution in [3.63, 3.8) is 0 Å². The predicted octanol–water partition coefficient (Wildman–Crippen LogP) is 1.83. The van der Waals surface area contributed by atoms with Crippen molar-refractivity contribution in [2.75, 3.05) is 39.9 Å². The van der Waals surface area contributed by atoms with Crippen molar-refractivity contribution < 1.29 is 23.0 Å². The van der Waals surface area contributed by atoms with E-state index in [9.17, 15) is 13.2 Å². The highest BCUT2D eigenvalue weighted by molar-refractivity contribution is 5.85. The zero-order chi connectivity index (χ0) is 15.5. The van der Waals surface area contributed by atoms with Gasteiger partial charge in [-0.3, -0.25) is 4.90 Å². The van der Waals surface area contributed by atoms with Crippen molar-refractivity contribution >= 4 is 12.4 Å². The Bertz CT molecular complexity index is 485. The predicted molar refractivity (Wildman–Crippen MR) is 79.4 cm³/mol. The summed E-state index contributed by atoms with van der Waals surface area (Å²) in [6.07, 6.45) is 0. The summed E-state index contributed by atoms with van der Waals surface area (Å²) in [4.78, 5) is 1.49. The molecule has 0 aromatic heterocycles. The molecule has 1 aliphatic rings. The van der Waals surface area contributed by atoms with Gasteiger partial charge in [-0.1, -0.05) is 12.1 Å². The molecule has 0 bridgehead atoms. The summed E-state index contributed by atoms with van der Waals surface area (Å²) in [7, 11) is 1.28. The Morgan fingerprint density at radius 2 is 2.00 bits per heavy atom. The number of hydrogen-bond acceptors (Lipinski definition) is 4. The van der Waals surface area contributed by atoms with E-state index in [0.29, 0.717) is 26.2 Å². The van der Waals surface area contributed by atoms with Crippen LogP contribution in [-0.4, -0.2) is 55.8 Å². The Hall–Kier alpha value is -1.02. The first-order valence-corrected chi connectivity index (χ1v) is 6.77. The topological polar surface area (TPSA) is 44.7 Å². The zero-order valence-corrected chi connectivity index (χ0v) is 13.0. The Balaban J connectivity index is 0.00000242. The van der Waals surface area contributed by atoms with Crippen LogP contribution in [0.1, 0.15) is 11.6 Å². The van der Waals surface area contributed by atoms with E-state index in [-0.39, 0.29) is 23.7 Å². The standard InChI is InChI=1S/C14H19F3N2O2.ClH/c1-21-11-4-2-3-10(12(11)15)13(14(16,17)9-20)19-7-5-18-6-8-19;/h2-4,13,18,20H,5-9H2,1H3;1H/t13-;/m1./s1. The van der Waals surface area contributed by atoms with Crippen LogP contribution in [0.2, 0.25) is 0 Å². The fraction of sp³-hybridized carbons (Fsp3) is 0.571. The Morgan fingerprint density at radius 3 is 2.55 bits per heavy atom. The van der Waals surface area contributed by atoms with Crippen molar-refractivity contribution in [1.29, 1.82) is 0 Å². The summed E-state index contributed by atoms with van der Waals surface area (Å²) in [6.45, 7) is 0.471. The van der Waals surface area contributed by atoms with Gasteiger partial charge < -0.3 is 15.2 Å². The molecule has 0 spiro atoms. The third-order valence-corrected chi connectivity index (χ3v) is 3.64. The first-order valence-electron chi connectivity index (χ1n) is 6.77. The molecule has 1 fully saturated rings. The molecule has 0 radical (unpaired) electrons. The van der Waals surface area contributed by atoms with Crippen LogP contribution in [0.5, 0.6) is 5.75 Å². The SMILES string of the molecule is COc1cccc([C@@H](N2CCNCC2)C(F)(F)CO)c1F.Cl. The van der Waals surface area contributed by atoms with Gasteiger partial charge in [0.2, 0.25) is 0 Å². The van der Waals surface area contributed by atoms with Crippen LogP contribution in [0.15, 0.2) is 18.2 Å². The second kappa shape index (κ2) is 8.01. The van der Waals surface area contributed by atoms with Gasteiger partial charge in [0.1, 0.15) is 12.6 Å². The molecule has 8 heteroatoms. The van der Waals surface area contributed by atoms with Gasteiger partial charge in [-0.2, -0.15) is 0 Å². The summed E-state index contributed by atoms with van der Waals surface area (Å²) in [5.74, 6) is -4.33. The molecule has 126 valence electrons. The van der Waals surface area contributed by atoms with E-state index in [0.717, 1.165) is 0 Å². The highest BCUT2D eigenvalue weighted by atomic mass is 35.5. The molecule has 1 atom stereocenters. The van der Waals surface area contributed by atoms with Gasteiger partial charge >= 0.3 is 0 Å². The number of ether oxygens (including phenoxy) is 1. The maximum Gasteiger partial charge on any atom is 0.290 e. The van der Waals surface area contributed by atoms with Gasteiger partial charge in [0.25, 0.3) is 5.92 Å². The number of methoxy groups -OCH3 is 1. The van der Waals surface area contributed by atoms with Crippen molar-refractivity contribution in [2.24, 2.45) is 0 Å². The van der Waals surface area contributed by atoms with Crippen molar-refractivity contribution in [3.8, 4) is 5.75 Å². The summed E-state index contributed by atoms with van der Waals surface area (Å²) < 4.78 is 47.6. The summed E-state index contributed by atoms with van der Waals surface area (Å²) in [5.41, 5.74) is -0.157. The van der Waals surface area contributed by atoms with E-state index in [1.165, 1.54) is 30.2 Å². The Labute approximate surface area is 133 Å². The molecule has 0 unspecified atom stereocenters. The largest absolute Gasteiger partial charge is 0.494 e. The number of hydrogen-bond donors (Lipinski definition) is 2. The molecular formula is C14H20ClF3N2O2. The summed E-state index contributed by atoms with van der Waals surface area (Å²) in [6, 6.07) is 2.65. The van der Waals surface area contributed by atoms with E-state index in [1.54, 1.807) is 0 Å². The molecule has 1 aliphatic heterocycles. The Kier molecular flexibility index (Phi) is 6.93. The van der Waals surface area contributed by atoms with Crippen LogP contribution < -0.4 is 10.1 Å². The van der Waals surface area contributed by atoms with Gasteiger partial charge in [0, 0.05) is 31.7 Å². The second-order valence-corrected chi connectivity index (χ2v) is 4.97. The van der Waals surface area contributed by atoms with Gasteiger partial charge in [-0.25, -0.2) is 13.2 Å². The fourth-order valence-electron chi connectivity index (χ4n) is 2.61. The average Bonchev–Trinajstić information content (AvgIpc) is 2.50. The molecule has 22 heavy (non-hydrogen) atoms. The molecule has 0 aliphatic carbocycles. The summed E-state index contributed by atoms with van der Waals surface area (Å²) in [5, 5.41) is 12.1. The van der Waals surface area contributed by atoms with E-state index in [4.69, 9.17) is 9.84 Å². The van der Waals surface area contributed by atoms with E-state index in [1.807, 2.05) is 0 Å². The first kappa shape index (κ1) is 19.0. The van der Waals surface area contributed by atoms with Crippen LogP contribution in [-0.2, 0) is 0 Å². The number of piperazine rings is 1. The lowest BCUT2D eigenvalue weighted by molar-refractivity contribution is -0.119. The van der Waals surface area contributed by atoms with E-state index < -0.39 is 24.4 Å². The molecule has 1 aromatic rings. The first-order chi connectivity index (χ1) is 10.0. The number of aliphatic hydroxyl groups is 1. The molecule has 2 rings (SSSR count). The minimum Gasteiger partial charge on any atom is -0.494 e. The van der Waals surface area contributed by atoms with Crippen molar-refractivity contribution in [1.82, 2.24) is 10.2 Å². The highest BCUT2D eigenvalue weighted by Gasteiger charge is 2.45. The molecule has 2 N–H and O–H groups in total. The van der Waals surface area contributed by atoms with Gasteiger partial charge in [0.15, 0.2) is 11.6 Å². The van der Waals surface area contributed by atoms with Gasteiger partial charge in [-0.05, 0) is 6.07 Å². The molecule has 0 amide bonds. The van der Waals surface area contributed by atoms with Crippen LogP contribution >= 0.6 is 12.4 Å². The lowest BCUT2D eigenvalue weighted by Gasteiger charge is -2.38. The van der Waals surface area contributed by atoms with E-state index in [2.05, 4.69) is 5.32 Å². The van der Waals surface area contributed by atoms with Crippen LogP contribution in [0, 0.1) is 5.82 Å². The molecule has 4 nitrogen and oxygen atoms in total.